The third-order valence-electron chi connectivity index (χ3n) is 3.04. The molecule has 2 rings (SSSR count). The van der Waals surface area contributed by atoms with Crippen LogP contribution in [-0.4, -0.2) is 30.5 Å². The smallest absolute Gasteiger partial charge is 0.438 e. The number of rotatable bonds is 5. The van der Waals surface area contributed by atoms with Crippen molar-refractivity contribution in [3.8, 4) is 5.75 Å². The Morgan fingerprint density at radius 3 is 2.60 bits per heavy atom. The highest BCUT2D eigenvalue weighted by Gasteiger charge is 2.14. The second-order valence-corrected chi connectivity index (χ2v) is 5.95. The number of aryl methyl sites for hydroxylation is 1. The summed E-state index contributed by atoms with van der Waals surface area (Å²) in [5, 5.41) is 12.6. The molecular weight excluding hydrogens is 392 g/mol. The van der Waals surface area contributed by atoms with Crippen molar-refractivity contribution in [2.45, 2.75) is 6.92 Å². The lowest BCUT2D eigenvalue weighted by Crippen LogP contribution is -2.33. The molecule has 0 saturated heterocycles. The van der Waals surface area contributed by atoms with Gasteiger partial charge in [-0.25, -0.2) is 9.59 Å². The Bertz CT molecular complexity index is 736. The summed E-state index contributed by atoms with van der Waals surface area (Å²) in [7, 11) is 0. The van der Waals surface area contributed by atoms with E-state index < -0.39 is 12.2 Å². The molecule has 0 heterocycles. The van der Waals surface area contributed by atoms with E-state index in [9.17, 15) is 14.8 Å². The molecule has 2 amide bonds. The van der Waals surface area contributed by atoms with Crippen molar-refractivity contribution in [2.75, 3.05) is 18.2 Å². The van der Waals surface area contributed by atoms with E-state index in [0.29, 0.717) is 10.8 Å². The number of nitrogens with one attached hydrogen (secondary N) is 1. The van der Waals surface area contributed by atoms with E-state index in [4.69, 9.17) is 9.47 Å². The van der Waals surface area contributed by atoms with Gasteiger partial charge >= 0.3 is 12.2 Å². The van der Waals surface area contributed by atoms with Crippen molar-refractivity contribution in [2.24, 2.45) is 0 Å². The summed E-state index contributed by atoms with van der Waals surface area (Å²) in [4.78, 5) is 23.3. The summed E-state index contributed by atoms with van der Waals surface area (Å²) in [6, 6.07) is 13.5. The number of hydrogen-bond acceptors (Lipinski definition) is 5. The van der Waals surface area contributed by atoms with Crippen LogP contribution in [0.2, 0.25) is 0 Å². The van der Waals surface area contributed by atoms with Gasteiger partial charge in [0.1, 0.15) is 12.4 Å². The molecule has 132 valence electrons. The fraction of sp³-hybridized carbons (Fsp3) is 0.176. The molecule has 25 heavy (non-hydrogen) atoms. The van der Waals surface area contributed by atoms with Gasteiger partial charge in [-0.3, -0.25) is 5.21 Å². The van der Waals surface area contributed by atoms with Gasteiger partial charge in [0.25, 0.3) is 0 Å². The van der Waals surface area contributed by atoms with Gasteiger partial charge in [-0.15, -0.1) is 0 Å². The number of halogens is 1. The van der Waals surface area contributed by atoms with Gasteiger partial charge in [-0.05, 0) is 48.9 Å². The summed E-state index contributed by atoms with van der Waals surface area (Å²) < 4.78 is 10.8. The first-order valence-electron chi connectivity index (χ1n) is 7.39. The van der Waals surface area contributed by atoms with Crippen LogP contribution in [0.5, 0.6) is 5.75 Å². The first-order valence-corrected chi connectivity index (χ1v) is 8.18. The topological polar surface area (TPSA) is 88.1 Å². The molecule has 0 aliphatic carbocycles. The Morgan fingerprint density at radius 2 is 1.92 bits per heavy atom. The molecule has 7 nitrogen and oxygen atoms in total. The lowest BCUT2D eigenvalue weighted by atomic mass is 10.2. The fourth-order valence-corrected chi connectivity index (χ4v) is 2.13. The molecule has 0 spiro atoms. The second-order valence-electron chi connectivity index (χ2n) is 5.04. The van der Waals surface area contributed by atoms with E-state index in [0.717, 1.165) is 10.0 Å². The van der Waals surface area contributed by atoms with Crippen LogP contribution in [0.25, 0.3) is 0 Å². The Kier molecular flexibility index (Phi) is 6.79. The van der Waals surface area contributed by atoms with Crippen LogP contribution in [-0.2, 0) is 4.74 Å². The number of ether oxygens (including phenoxy) is 2. The number of anilines is 1. The van der Waals surface area contributed by atoms with Crippen LogP contribution < -0.4 is 15.1 Å². The molecule has 0 radical (unpaired) electrons. The van der Waals surface area contributed by atoms with E-state index >= 15 is 0 Å². The maximum absolute atomic E-state index is 11.7. The second kappa shape index (κ2) is 9.05. The number of amides is 2. The van der Waals surface area contributed by atoms with Crippen LogP contribution in [0.1, 0.15) is 5.56 Å². The number of nitrogens with zero attached hydrogens (tertiary/aromatic N) is 1. The van der Waals surface area contributed by atoms with Gasteiger partial charge in [-0.1, -0.05) is 28.1 Å². The summed E-state index contributed by atoms with van der Waals surface area (Å²) in [6.07, 6.45) is -1.61. The van der Waals surface area contributed by atoms with E-state index in [1.165, 1.54) is 0 Å². The van der Waals surface area contributed by atoms with Gasteiger partial charge in [0, 0.05) is 4.47 Å². The fourth-order valence-electron chi connectivity index (χ4n) is 1.86. The normalized spacial score (nSPS) is 10.0. The van der Waals surface area contributed by atoms with Crippen LogP contribution in [0, 0.1) is 6.92 Å². The van der Waals surface area contributed by atoms with Gasteiger partial charge < -0.3 is 14.8 Å². The first kappa shape index (κ1) is 18.8. The molecule has 0 saturated carbocycles. The molecular formula is C17H17BrN2O5. The zero-order chi connectivity index (χ0) is 18.2. The number of carbonyl (C=O) groups is 2. The van der Waals surface area contributed by atoms with Gasteiger partial charge in [0.05, 0.1) is 12.2 Å². The maximum Gasteiger partial charge on any atom is 0.438 e. The van der Waals surface area contributed by atoms with E-state index in [1.54, 1.807) is 42.5 Å². The largest absolute Gasteiger partial charge is 0.446 e. The molecule has 0 atom stereocenters. The average molecular weight is 409 g/mol. The SMILES string of the molecule is Cc1cccc(OC(=O)NCCOC(=O)N(O)c2ccc(Br)cc2)c1. The Morgan fingerprint density at radius 1 is 1.20 bits per heavy atom. The Hall–Kier alpha value is -2.58. The molecule has 8 heteroatoms. The van der Waals surface area contributed by atoms with Crippen LogP contribution in [0.3, 0.4) is 0 Å². The van der Waals surface area contributed by atoms with Crippen molar-refractivity contribution < 1.29 is 24.3 Å². The number of hydroxylamine groups is 1. The third-order valence-corrected chi connectivity index (χ3v) is 3.57. The minimum atomic E-state index is -0.948. The molecule has 0 fully saturated rings. The first-order chi connectivity index (χ1) is 12.0. The monoisotopic (exact) mass is 408 g/mol. The quantitative estimate of drug-likeness (QED) is 0.445. The summed E-state index contributed by atoms with van der Waals surface area (Å²) >= 11 is 3.26. The highest BCUT2D eigenvalue weighted by atomic mass is 79.9. The van der Waals surface area contributed by atoms with Crippen molar-refractivity contribution in [1.82, 2.24) is 5.32 Å². The number of benzene rings is 2. The summed E-state index contributed by atoms with van der Waals surface area (Å²) in [5.41, 5.74) is 1.23. The molecule has 2 aromatic carbocycles. The average Bonchev–Trinajstić information content (AvgIpc) is 2.58. The van der Waals surface area contributed by atoms with E-state index in [-0.39, 0.29) is 18.8 Å². The highest BCUT2D eigenvalue weighted by molar-refractivity contribution is 9.10. The highest BCUT2D eigenvalue weighted by Crippen LogP contribution is 2.17. The zero-order valence-corrected chi connectivity index (χ0v) is 15.0. The predicted molar refractivity (Wildman–Crippen MR) is 95.0 cm³/mol. The Balaban J connectivity index is 1.70. The lowest BCUT2D eigenvalue weighted by Gasteiger charge is -2.15. The molecule has 0 unspecified atom stereocenters. The third kappa shape index (κ3) is 6.09. The van der Waals surface area contributed by atoms with Gasteiger partial charge in [0.15, 0.2) is 0 Å². The summed E-state index contributed by atoms with van der Waals surface area (Å²) in [6.45, 7) is 1.82. The standard InChI is InChI=1S/C17H17BrN2O5/c1-12-3-2-4-15(11-12)25-16(21)19-9-10-24-17(22)20(23)14-7-5-13(18)6-8-14/h2-8,11,23H,9-10H2,1H3,(H,19,21). The molecule has 2 N–H and O–H groups in total. The minimum absolute atomic E-state index is 0.0462. The number of hydrogen-bond donors (Lipinski definition) is 2. The molecule has 0 bridgehead atoms. The van der Waals surface area contributed by atoms with E-state index in [1.807, 2.05) is 13.0 Å². The Labute approximate surface area is 153 Å². The zero-order valence-electron chi connectivity index (χ0n) is 13.4. The van der Waals surface area contributed by atoms with Gasteiger partial charge in [0.2, 0.25) is 0 Å². The molecule has 2 aromatic rings. The number of carbonyl (C=O) groups excluding carboxylic acids is 2. The molecule has 0 aliphatic rings. The van der Waals surface area contributed by atoms with Crippen molar-refractivity contribution in [1.29, 1.82) is 0 Å². The van der Waals surface area contributed by atoms with Crippen molar-refractivity contribution in [3.05, 3.63) is 58.6 Å². The van der Waals surface area contributed by atoms with E-state index in [2.05, 4.69) is 21.2 Å². The summed E-state index contributed by atoms with van der Waals surface area (Å²) in [5.74, 6) is 0.422. The predicted octanol–water partition coefficient (Wildman–Crippen LogP) is 3.88. The van der Waals surface area contributed by atoms with Crippen LogP contribution in [0.4, 0.5) is 15.3 Å². The van der Waals surface area contributed by atoms with Crippen LogP contribution >= 0.6 is 15.9 Å². The molecule has 0 aromatic heterocycles. The lowest BCUT2D eigenvalue weighted by molar-refractivity contribution is 0.120. The van der Waals surface area contributed by atoms with Crippen molar-refractivity contribution >= 4 is 33.8 Å². The minimum Gasteiger partial charge on any atom is -0.446 e. The van der Waals surface area contributed by atoms with Crippen LogP contribution in [0.15, 0.2) is 53.0 Å². The molecule has 0 aliphatic heterocycles. The van der Waals surface area contributed by atoms with Gasteiger partial charge in [-0.2, -0.15) is 5.06 Å². The van der Waals surface area contributed by atoms with Crippen molar-refractivity contribution in [3.63, 3.8) is 0 Å². The maximum atomic E-state index is 11.7.